The fourth-order valence-electron chi connectivity index (χ4n) is 2.88. The molecule has 3 rings (SSSR count). The van der Waals surface area contributed by atoms with Crippen LogP contribution in [0.2, 0.25) is 0 Å². The van der Waals surface area contributed by atoms with Crippen LogP contribution in [-0.2, 0) is 16.2 Å². The number of nitrogens with zero attached hydrogens (tertiary/aromatic N) is 2. The number of carbonyl (C=O) groups excluding carboxylic acids is 1. The van der Waals surface area contributed by atoms with Gasteiger partial charge in [0.15, 0.2) is 11.5 Å². The number of oxime groups is 1. The van der Waals surface area contributed by atoms with E-state index in [0.717, 1.165) is 16.8 Å². The predicted molar refractivity (Wildman–Crippen MR) is 98.5 cm³/mol. The molecule has 0 N–H and O–H groups in total. The van der Waals surface area contributed by atoms with Crippen molar-refractivity contribution in [2.24, 2.45) is 5.16 Å². The topological polar surface area (TPSA) is 60.4 Å². The largest absolute Gasteiger partial charge is 0.493 e. The van der Waals surface area contributed by atoms with Crippen LogP contribution in [0.15, 0.2) is 53.7 Å². The molecule has 0 bridgehead atoms. The van der Waals surface area contributed by atoms with Crippen molar-refractivity contribution in [2.45, 2.75) is 19.1 Å². The third kappa shape index (κ3) is 3.79. The van der Waals surface area contributed by atoms with E-state index in [-0.39, 0.29) is 5.91 Å². The van der Waals surface area contributed by atoms with Gasteiger partial charge in [-0.25, -0.2) is 0 Å². The lowest BCUT2D eigenvalue weighted by Crippen LogP contribution is -2.36. The van der Waals surface area contributed by atoms with Gasteiger partial charge >= 0.3 is 0 Å². The second-order valence-corrected chi connectivity index (χ2v) is 6.09. The summed E-state index contributed by atoms with van der Waals surface area (Å²) in [7, 11) is 4.94. The molecule has 1 aliphatic heterocycles. The highest BCUT2D eigenvalue weighted by atomic mass is 16.6. The summed E-state index contributed by atoms with van der Waals surface area (Å²) in [4.78, 5) is 19.7. The van der Waals surface area contributed by atoms with Gasteiger partial charge in [-0.05, 0) is 23.8 Å². The van der Waals surface area contributed by atoms with Crippen LogP contribution in [0, 0.1) is 0 Å². The number of carbonyl (C=O) groups is 1. The Kier molecular flexibility index (Phi) is 5.41. The monoisotopic (exact) mass is 354 g/mol. The molecule has 1 aliphatic rings. The molecule has 1 atom stereocenters. The van der Waals surface area contributed by atoms with Crippen molar-refractivity contribution in [3.05, 3.63) is 59.7 Å². The fraction of sp³-hybridized carbons (Fsp3) is 0.300. The first-order valence-corrected chi connectivity index (χ1v) is 8.36. The summed E-state index contributed by atoms with van der Waals surface area (Å²) in [6, 6.07) is 15.4. The van der Waals surface area contributed by atoms with Gasteiger partial charge in [-0.1, -0.05) is 35.5 Å². The first-order valence-electron chi connectivity index (χ1n) is 8.36. The zero-order valence-corrected chi connectivity index (χ0v) is 15.1. The summed E-state index contributed by atoms with van der Waals surface area (Å²) in [5, 5.41) is 4.10. The van der Waals surface area contributed by atoms with Gasteiger partial charge in [0.1, 0.15) is 0 Å². The minimum Gasteiger partial charge on any atom is -0.493 e. The molecule has 136 valence electrons. The third-order valence-corrected chi connectivity index (χ3v) is 4.30. The Balaban J connectivity index is 1.65. The number of methoxy groups -OCH3 is 2. The van der Waals surface area contributed by atoms with Crippen molar-refractivity contribution in [1.29, 1.82) is 0 Å². The molecule has 2 aromatic carbocycles. The quantitative estimate of drug-likeness (QED) is 0.800. The Morgan fingerprint density at radius 3 is 2.58 bits per heavy atom. The molecule has 0 aromatic heterocycles. The Hall–Kier alpha value is -3.02. The van der Waals surface area contributed by atoms with Crippen molar-refractivity contribution in [3.8, 4) is 11.5 Å². The Morgan fingerprint density at radius 1 is 1.15 bits per heavy atom. The van der Waals surface area contributed by atoms with Gasteiger partial charge in [0.05, 0.1) is 19.9 Å². The van der Waals surface area contributed by atoms with Gasteiger partial charge in [-0.3, -0.25) is 4.79 Å². The zero-order valence-electron chi connectivity index (χ0n) is 15.1. The minimum atomic E-state index is -0.605. The maximum atomic E-state index is 12.6. The number of hydrogen-bond donors (Lipinski definition) is 0. The number of benzene rings is 2. The summed E-state index contributed by atoms with van der Waals surface area (Å²) in [5.74, 6) is 1.17. The third-order valence-electron chi connectivity index (χ3n) is 4.30. The van der Waals surface area contributed by atoms with Crippen LogP contribution in [0.3, 0.4) is 0 Å². The highest BCUT2D eigenvalue weighted by molar-refractivity contribution is 6.04. The highest BCUT2D eigenvalue weighted by Gasteiger charge is 2.31. The van der Waals surface area contributed by atoms with Crippen LogP contribution in [-0.4, -0.2) is 43.9 Å². The van der Waals surface area contributed by atoms with Crippen LogP contribution in [0.25, 0.3) is 0 Å². The van der Waals surface area contributed by atoms with Crippen molar-refractivity contribution < 1.29 is 19.1 Å². The van der Waals surface area contributed by atoms with E-state index in [1.54, 1.807) is 26.2 Å². The number of amides is 1. The van der Waals surface area contributed by atoms with Crippen LogP contribution in [0.4, 0.5) is 0 Å². The van der Waals surface area contributed by atoms with Gasteiger partial charge in [0, 0.05) is 25.6 Å². The van der Waals surface area contributed by atoms with E-state index in [2.05, 4.69) is 5.16 Å². The van der Waals surface area contributed by atoms with Crippen LogP contribution in [0.5, 0.6) is 11.5 Å². The van der Waals surface area contributed by atoms with Crippen LogP contribution >= 0.6 is 0 Å². The molecule has 0 saturated carbocycles. The van der Waals surface area contributed by atoms with Gasteiger partial charge in [0.25, 0.3) is 5.91 Å². The lowest BCUT2D eigenvalue weighted by molar-refractivity contribution is -0.141. The average molecular weight is 354 g/mol. The Bertz CT molecular complexity index is 805. The molecule has 6 heteroatoms. The maximum Gasteiger partial charge on any atom is 0.266 e. The first kappa shape index (κ1) is 17.8. The molecular formula is C20H22N2O4. The average Bonchev–Trinajstić information content (AvgIpc) is 3.17. The number of rotatable bonds is 6. The van der Waals surface area contributed by atoms with Crippen LogP contribution in [0.1, 0.15) is 17.5 Å². The van der Waals surface area contributed by atoms with E-state index in [0.29, 0.717) is 24.5 Å². The smallest absolute Gasteiger partial charge is 0.266 e. The van der Waals surface area contributed by atoms with Crippen molar-refractivity contribution >= 4 is 11.6 Å². The molecule has 1 heterocycles. The molecule has 2 aromatic rings. The fourth-order valence-corrected chi connectivity index (χ4v) is 2.88. The molecule has 0 radical (unpaired) electrons. The molecule has 0 aliphatic carbocycles. The maximum absolute atomic E-state index is 12.6. The zero-order chi connectivity index (χ0) is 18.5. The lowest BCUT2D eigenvalue weighted by Gasteiger charge is -2.19. The molecular weight excluding hydrogens is 332 g/mol. The van der Waals surface area contributed by atoms with Crippen LogP contribution < -0.4 is 9.47 Å². The number of hydrogen-bond acceptors (Lipinski definition) is 5. The molecule has 0 saturated heterocycles. The van der Waals surface area contributed by atoms with E-state index in [9.17, 15) is 4.79 Å². The molecule has 0 unspecified atom stereocenters. The minimum absolute atomic E-state index is 0.0897. The van der Waals surface area contributed by atoms with Crippen molar-refractivity contribution in [1.82, 2.24) is 4.90 Å². The van der Waals surface area contributed by atoms with Gasteiger partial charge in [0.2, 0.25) is 6.10 Å². The Morgan fingerprint density at radius 2 is 1.88 bits per heavy atom. The van der Waals surface area contributed by atoms with E-state index in [1.165, 1.54) is 0 Å². The summed E-state index contributed by atoms with van der Waals surface area (Å²) in [6.45, 7) is 0.533. The SMILES string of the molecule is COc1ccc(C2=NO[C@@H](C(=O)N(C)Cc3ccccc3)C2)cc1OC. The number of ether oxygens (including phenoxy) is 2. The summed E-state index contributed by atoms with van der Waals surface area (Å²) < 4.78 is 10.6. The summed E-state index contributed by atoms with van der Waals surface area (Å²) in [6.07, 6.45) is -0.181. The van der Waals surface area contributed by atoms with Crippen molar-refractivity contribution in [2.75, 3.05) is 21.3 Å². The van der Waals surface area contributed by atoms with E-state index >= 15 is 0 Å². The normalized spacial score (nSPS) is 15.8. The van der Waals surface area contributed by atoms with E-state index in [4.69, 9.17) is 14.3 Å². The predicted octanol–water partition coefficient (Wildman–Crippen LogP) is 2.86. The van der Waals surface area contributed by atoms with Gasteiger partial charge in [-0.2, -0.15) is 0 Å². The molecule has 6 nitrogen and oxygen atoms in total. The van der Waals surface area contributed by atoms with E-state index < -0.39 is 6.10 Å². The molecule has 0 spiro atoms. The molecule has 26 heavy (non-hydrogen) atoms. The van der Waals surface area contributed by atoms with E-state index in [1.807, 2.05) is 48.5 Å². The Labute approximate surface area is 153 Å². The highest BCUT2D eigenvalue weighted by Crippen LogP contribution is 2.29. The molecule has 1 amide bonds. The lowest BCUT2D eigenvalue weighted by atomic mass is 10.0. The van der Waals surface area contributed by atoms with Gasteiger partial charge < -0.3 is 19.2 Å². The first-order chi connectivity index (χ1) is 12.6. The molecule has 0 fully saturated rings. The van der Waals surface area contributed by atoms with Gasteiger partial charge in [-0.15, -0.1) is 0 Å². The van der Waals surface area contributed by atoms with Crippen molar-refractivity contribution in [3.63, 3.8) is 0 Å². The summed E-state index contributed by atoms with van der Waals surface area (Å²) >= 11 is 0. The summed E-state index contributed by atoms with van der Waals surface area (Å²) in [5.41, 5.74) is 2.64. The second kappa shape index (κ2) is 7.91. The second-order valence-electron chi connectivity index (χ2n) is 6.09. The number of likely N-dealkylation sites (N-methyl/N-ethyl adjacent to an activating group) is 1. The standard InChI is InChI=1S/C20H22N2O4/c1-22(13-14-7-5-4-6-8-14)20(23)19-12-16(21-26-19)15-9-10-17(24-2)18(11-15)25-3/h4-11,19H,12-13H2,1-3H3/t19-/m1/s1.